The first-order chi connectivity index (χ1) is 4.31. The molecule has 0 saturated heterocycles. The highest BCUT2D eigenvalue weighted by Crippen LogP contribution is 1.95. The molecule has 0 aliphatic heterocycles. The Morgan fingerprint density at radius 2 is 2.22 bits per heavy atom. The van der Waals surface area contributed by atoms with Crippen LogP contribution < -0.4 is 5.73 Å². The molecule has 0 atom stereocenters. The fourth-order valence-electron chi connectivity index (χ4n) is 0.451. The van der Waals surface area contributed by atoms with Gasteiger partial charge in [-0.15, -0.1) is 11.6 Å². The molecule has 0 amide bonds. The van der Waals surface area contributed by atoms with Gasteiger partial charge in [-0.3, -0.25) is 0 Å². The largest absolute Gasteiger partial charge is 0.409 e. The first-order valence-corrected chi connectivity index (χ1v) is 3.37. The Kier molecular flexibility index (Phi) is 5.41. The van der Waals surface area contributed by atoms with Crippen molar-refractivity contribution < 1.29 is 5.21 Å². The van der Waals surface area contributed by atoms with Gasteiger partial charge >= 0.3 is 0 Å². The Morgan fingerprint density at radius 3 is 2.67 bits per heavy atom. The van der Waals surface area contributed by atoms with Gasteiger partial charge in [-0.1, -0.05) is 5.16 Å². The van der Waals surface area contributed by atoms with Crippen molar-refractivity contribution in [2.24, 2.45) is 10.9 Å². The van der Waals surface area contributed by atoms with Gasteiger partial charge in [-0.05, 0) is 12.8 Å². The summed E-state index contributed by atoms with van der Waals surface area (Å²) in [5, 5.41) is 10.9. The van der Waals surface area contributed by atoms with E-state index >= 15 is 0 Å². The summed E-state index contributed by atoms with van der Waals surface area (Å²) in [5.41, 5.74) is 5.17. The third-order valence-electron chi connectivity index (χ3n) is 0.945. The molecule has 0 aliphatic rings. The number of alkyl halides is 1. The molecule has 0 aromatic carbocycles. The second-order valence-electron chi connectivity index (χ2n) is 1.74. The molecule has 0 spiro atoms. The molecule has 0 aromatic rings. The highest BCUT2D eigenvalue weighted by Gasteiger charge is 1.90. The van der Waals surface area contributed by atoms with Gasteiger partial charge in [0.05, 0.1) is 0 Å². The first kappa shape index (κ1) is 8.56. The van der Waals surface area contributed by atoms with E-state index in [9.17, 15) is 0 Å². The van der Waals surface area contributed by atoms with Crippen molar-refractivity contribution in [1.29, 1.82) is 0 Å². The van der Waals surface area contributed by atoms with E-state index in [-0.39, 0.29) is 5.84 Å². The maximum absolute atomic E-state index is 8.06. The third-order valence-corrected chi connectivity index (χ3v) is 1.21. The average molecular weight is 151 g/mol. The maximum Gasteiger partial charge on any atom is 0.139 e. The van der Waals surface area contributed by atoms with Crippen LogP contribution in [-0.2, 0) is 0 Å². The van der Waals surface area contributed by atoms with Crippen LogP contribution in [0.3, 0.4) is 0 Å². The molecule has 0 radical (unpaired) electrons. The lowest BCUT2D eigenvalue weighted by Gasteiger charge is -1.93. The minimum Gasteiger partial charge on any atom is -0.409 e. The second kappa shape index (κ2) is 5.69. The van der Waals surface area contributed by atoms with Crippen molar-refractivity contribution in [3.8, 4) is 0 Å². The predicted molar refractivity (Wildman–Crippen MR) is 38.0 cm³/mol. The fourth-order valence-corrected chi connectivity index (χ4v) is 0.640. The zero-order valence-corrected chi connectivity index (χ0v) is 5.93. The van der Waals surface area contributed by atoms with E-state index in [0.717, 1.165) is 12.8 Å². The molecule has 0 heterocycles. The van der Waals surface area contributed by atoms with Crippen LogP contribution in [-0.4, -0.2) is 16.9 Å². The van der Waals surface area contributed by atoms with Crippen molar-refractivity contribution >= 4 is 17.4 Å². The summed E-state index contributed by atoms with van der Waals surface area (Å²) in [6.07, 6.45) is 2.43. The third kappa shape index (κ3) is 5.43. The summed E-state index contributed by atoms with van der Waals surface area (Å²) >= 11 is 5.38. The van der Waals surface area contributed by atoms with E-state index in [1.165, 1.54) is 0 Å². The van der Waals surface area contributed by atoms with Crippen molar-refractivity contribution in [3.05, 3.63) is 0 Å². The van der Waals surface area contributed by atoms with Gasteiger partial charge in [-0.25, -0.2) is 0 Å². The molecule has 4 heteroatoms. The Morgan fingerprint density at radius 1 is 1.56 bits per heavy atom. The summed E-state index contributed by atoms with van der Waals surface area (Å²) < 4.78 is 0. The Bertz CT molecular complexity index is 95.0. The van der Waals surface area contributed by atoms with Crippen LogP contribution in [0, 0.1) is 0 Å². The smallest absolute Gasteiger partial charge is 0.139 e. The monoisotopic (exact) mass is 150 g/mol. The quantitative estimate of drug-likeness (QED) is 0.158. The van der Waals surface area contributed by atoms with Crippen molar-refractivity contribution in [2.75, 3.05) is 5.88 Å². The molecule has 9 heavy (non-hydrogen) atoms. The van der Waals surface area contributed by atoms with Crippen LogP contribution in [0.25, 0.3) is 0 Å². The number of hydrogen-bond donors (Lipinski definition) is 2. The Labute approximate surface area is 59.5 Å². The number of oxime groups is 1. The van der Waals surface area contributed by atoms with Gasteiger partial charge in [0.2, 0.25) is 0 Å². The Hall–Kier alpha value is -0.440. The highest BCUT2D eigenvalue weighted by molar-refractivity contribution is 6.17. The van der Waals surface area contributed by atoms with Crippen LogP contribution in [0.15, 0.2) is 5.16 Å². The topological polar surface area (TPSA) is 58.6 Å². The predicted octanol–water partition coefficient (Wildman–Crippen LogP) is 1.14. The molecule has 0 fully saturated rings. The van der Waals surface area contributed by atoms with Crippen LogP contribution in [0.1, 0.15) is 19.3 Å². The molecule has 3 nitrogen and oxygen atoms in total. The van der Waals surface area contributed by atoms with Crippen LogP contribution in [0.2, 0.25) is 0 Å². The van der Waals surface area contributed by atoms with Crippen LogP contribution in [0.4, 0.5) is 0 Å². The van der Waals surface area contributed by atoms with E-state index in [0.29, 0.717) is 12.3 Å². The number of hydrogen-bond acceptors (Lipinski definition) is 2. The maximum atomic E-state index is 8.06. The van der Waals surface area contributed by atoms with Gasteiger partial charge in [-0.2, -0.15) is 0 Å². The van der Waals surface area contributed by atoms with E-state index in [1.807, 2.05) is 0 Å². The number of rotatable bonds is 4. The van der Waals surface area contributed by atoms with E-state index in [1.54, 1.807) is 0 Å². The van der Waals surface area contributed by atoms with Gasteiger partial charge in [0.15, 0.2) is 0 Å². The van der Waals surface area contributed by atoms with Gasteiger partial charge < -0.3 is 10.9 Å². The normalized spacial score (nSPS) is 11.9. The van der Waals surface area contributed by atoms with E-state index in [2.05, 4.69) is 5.16 Å². The summed E-state index contributed by atoms with van der Waals surface area (Å²) in [5.74, 6) is 0.915. The molecule has 3 N–H and O–H groups in total. The van der Waals surface area contributed by atoms with Gasteiger partial charge in [0.25, 0.3) is 0 Å². The fraction of sp³-hybridized carbons (Fsp3) is 0.800. The molecule has 0 aromatic heterocycles. The molecule has 0 unspecified atom stereocenters. The van der Waals surface area contributed by atoms with Crippen LogP contribution in [0.5, 0.6) is 0 Å². The average Bonchev–Trinajstić information content (AvgIpc) is 1.89. The lowest BCUT2D eigenvalue weighted by molar-refractivity contribution is 0.316. The second-order valence-corrected chi connectivity index (χ2v) is 2.12. The lowest BCUT2D eigenvalue weighted by atomic mass is 10.2. The first-order valence-electron chi connectivity index (χ1n) is 2.83. The molecule has 0 bridgehead atoms. The van der Waals surface area contributed by atoms with Gasteiger partial charge in [0.1, 0.15) is 5.84 Å². The molecule has 0 saturated carbocycles. The summed E-state index contributed by atoms with van der Waals surface area (Å²) in [7, 11) is 0. The molecule has 0 aliphatic carbocycles. The lowest BCUT2D eigenvalue weighted by Crippen LogP contribution is -2.10. The minimum atomic E-state index is 0.278. The van der Waals surface area contributed by atoms with Crippen molar-refractivity contribution in [1.82, 2.24) is 0 Å². The number of halogens is 1. The SMILES string of the molecule is N/C(CCCCCl)=N\O. The van der Waals surface area contributed by atoms with Gasteiger partial charge in [0, 0.05) is 12.3 Å². The minimum absolute atomic E-state index is 0.278. The standard InChI is InChI=1S/C5H11ClN2O/c6-4-2-1-3-5(7)8-9/h9H,1-4H2,(H2,7,8). The summed E-state index contributed by atoms with van der Waals surface area (Å²) in [4.78, 5) is 0. The van der Waals surface area contributed by atoms with E-state index in [4.69, 9.17) is 22.5 Å². The van der Waals surface area contributed by atoms with Crippen molar-refractivity contribution in [2.45, 2.75) is 19.3 Å². The van der Waals surface area contributed by atoms with Crippen molar-refractivity contribution in [3.63, 3.8) is 0 Å². The molecule has 0 rings (SSSR count). The number of unbranched alkanes of at least 4 members (excludes halogenated alkanes) is 1. The number of nitrogens with two attached hydrogens (primary N) is 1. The number of nitrogens with zero attached hydrogens (tertiary/aromatic N) is 1. The zero-order chi connectivity index (χ0) is 7.11. The van der Waals surface area contributed by atoms with E-state index < -0.39 is 0 Å². The molecular formula is C5H11ClN2O. The molecule has 54 valence electrons. The summed E-state index contributed by atoms with van der Waals surface area (Å²) in [6, 6.07) is 0. The molecular weight excluding hydrogens is 140 g/mol. The Balaban J connectivity index is 3.07. The zero-order valence-electron chi connectivity index (χ0n) is 5.18. The summed E-state index contributed by atoms with van der Waals surface area (Å²) in [6.45, 7) is 0. The number of amidine groups is 1. The van der Waals surface area contributed by atoms with Crippen LogP contribution >= 0.6 is 11.6 Å². The highest BCUT2D eigenvalue weighted by atomic mass is 35.5.